The molecule has 5 atom stereocenters. The normalized spacial score (nSPS) is 30.9. The molecule has 3 rings (SSSR count). The first-order chi connectivity index (χ1) is 12.0. The fourth-order valence-electron chi connectivity index (χ4n) is 3.77. The Balaban J connectivity index is 1.53. The molecule has 3 N–H and O–H groups in total. The van der Waals surface area contributed by atoms with Crippen LogP contribution in [0.4, 0.5) is 0 Å². The molecule has 0 amide bonds. The molecule has 0 bridgehead atoms. The van der Waals surface area contributed by atoms with Crippen molar-refractivity contribution >= 4 is 11.7 Å². The van der Waals surface area contributed by atoms with Crippen molar-refractivity contribution in [2.45, 2.75) is 31.5 Å². The molecule has 6 nitrogen and oxygen atoms in total. The molecule has 0 aromatic heterocycles. The SMILES string of the molecule is O=C(O)CON=C1C[C@H]2C(C=CC(O)Cc3ccccc3)C(O)C[C@H]12. The second-order valence-corrected chi connectivity index (χ2v) is 6.75. The summed E-state index contributed by atoms with van der Waals surface area (Å²) in [5.74, 6) is -0.638. The van der Waals surface area contributed by atoms with Gasteiger partial charge in [0.15, 0.2) is 0 Å². The second kappa shape index (κ2) is 7.80. The van der Waals surface area contributed by atoms with Crippen LogP contribution in [0.5, 0.6) is 0 Å². The van der Waals surface area contributed by atoms with E-state index in [-0.39, 0.29) is 17.8 Å². The number of carbonyl (C=O) groups is 1. The number of nitrogens with zero attached hydrogens (tertiary/aromatic N) is 1. The predicted molar refractivity (Wildman–Crippen MR) is 92.0 cm³/mol. The van der Waals surface area contributed by atoms with Crippen molar-refractivity contribution < 1.29 is 25.0 Å². The first-order valence-corrected chi connectivity index (χ1v) is 8.53. The molecule has 6 heteroatoms. The Morgan fingerprint density at radius 2 is 2.12 bits per heavy atom. The number of aliphatic hydroxyl groups is 2. The largest absolute Gasteiger partial charge is 0.479 e. The first-order valence-electron chi connectivity index (χ1n) is 8.53. The average Bonchev–Trinajstić information content (AvgIpc) is 2.81. The van der Waals surface area contributed by atoms with Gasteiger partial charge in [0.2, 0.25) is 6.61 Å². The van der Waals surface area contributed by atoms with E-state index in [4.69, 9.17) is 9.94 Å². The summed E-state index contributed by atoms with van der Waals surface area (Å²) in [7, 11) is 0. The fourth-order valence-corrected chi connectivity index (χ4v) is 3.77. The summed E-state index contributed by atoms with van der Waals surface area (Å²) in [4.78, 5) is 15.2. The number of aliphatic carboxylic acids is 1. The number of benzene rings is 1. The van der Waals surface area contributed by atoms with Gasteiger partial charge in [0.25, 0.3) is 0 Å². The lowest BCUT2D eigenvalue weighted by Gasteiger charge is -2.34. The smallest absolute Gasteiger partial charge is 0.344 e. The molecule has 0 heterocycles. The molecule has 134 valence electrons. The number of hydrogen-bond acceptors (Lipinski definition) is 5. The summed E-state index contributed by atoms with van der Waals surface area (Å²) in [6.45, 7) is -0.446. The van der Waals surface area contributed by atoms with Gasteiger partial charge in [-0.3, -0.25) is 0 Å². The zero-order valence-corrected chi connectivity index (χ0v) is 13.9. The third kappa shape index (κ3) is 4.27. The summed E-state index contributed by atoms with van der Waals surface area (Å²) in [6.07, 6.45) is 4.47. The van der Waals surface area contributed by atoms with E-state index in [9.17, 15) is 15.0 Å². The Morgan fingerprint density at radius 3 is 2.84 bits per heavy atom. The van der Waals surface area contributed by atoms with Crippen molar-refractivity contribution in [1.29, 1.82) is 0 Å². The monoisotopic (exact) mass is 345 g/mol. The Kier molecular flexibility index (Phi) is 5.50. The lowest BCUT2D eigenvalue weighted by Crippen LogP contribution is -2.36. The molecule has 25 heavy (non-hydrogen) atoms. The highest BCUT2D eigenvalue weighted by Gasteiger charge is 2.51. The number of fused-ring (bicyclic) bond motifs is 1. The van der Waals surface area contributed by atoms with Crippen LogP contribution in [0.1, 0.15) is 18.4 Å². The van der Waals surface area contributed by atoms with Crippen LogP contribution in [0, 0.1) is 17.8 Å². The van der Waals surface area contributed by atoms with Gasteiger partial charge in [-0.25, -0.2) is 4.79 Å². The lowest BCUT2D eigenvalue weighted by molar-refractivity contribution is -0.142. The van der Waals surface area contributed by atoms with Crippen LogP contribution in [0.15, 0.2) is 47.6 Å². The standard InChI is InChI=1S/C19H23NO5/c21-13(8-12-4-2-1-3-5-12)6-7-14-15-9-17(16(15)10-18(14)22)20-25-11-19(23)24/h1-7,13-16,18,21-22H,8-11H2,(H,23,24)/t13?,14?,15-,16-,18?/m0/s1. The maximum atomic E-state index is 10.4. The summed E-state index contributed by atoms with van der Waals surface area (Å²) in [5.41, 5.74) is 1.89. The molecule has 3 unspecified atom stereocenters. The summed E-state index contributed by atoms with van der Waals surface area (Å²) in [6, 6.07) is 9.78. The van der Waals surface area contributed by atoms with Crippen LogP contribution in [-0.2, 0) is 16.1 Å². The van der Waals surface area contributed by atoms with E-state index >= 15 is 0 Å². The molecule has 2 fully saturated rings. The van der Waals surface area contributed by atoms with E-state index in [0.29, 0.717) is 19.3 Å². The lowest BCUT2D eigenvalue weighted by atomic mass is 9.71. The van der Waals surface area contributed by atoms with Crippen LogP contribution in [0.25, 0.3) is 0 Å². The van der Waals surface area contributed by atoms with Crippen LogP contribution >= 0.6 is 0 Å². The molecule has 1 aromatic carbocycles. The molecule has 1 aromatic rings. The van der Waals surface area contributed by atoms with Crippen LogP contribution < -0.4 is 0 Å². The highest BCUT2D eigenvalue weighted by atomic mass is 16.6. The zero-order chi connectivity index (χ0) is 17.8. The van der Waals surface area contributed by atoms with Gasteiger partial charge in [-0.2, -0.15) is 0 Å². The topological polar surface area (TPSA) is 99.4 Å². The van der Waals surface area contributed by atoms with Gasteiger partial charge in [-0.1, -0.05) is 47.6 Å². The molecular weight excluding hydrogens is 322 g/mol. The third-order valence-electron chi connectivity index (χ3n) is 5.04. The van der Waals surface area contributed by atoms with Gasteiger partial charge in [-0.05, 0) is 24.3 Å². The highest BCUT2D eigenvalue weighted by molar-refractivity contribution is 5.93. The number of rotatable bonds is 7. The molecule has 2 aliphatic carbocycles. The first kappa shape index (κ1) is 17.6. The van der Waals surface area contributed by atoms with Crippen molar-refractivity contribution in [3.8, 4) is 0 Å². The van der Waals surface area contributed by atoms with Gasteiger partial charge < -0.3 is 20.2 Å². The maximum absolute atomic E-state index is 10.4. The van der Waals surface area contributed by atoms with Crippen LogP contribution in [0.2, 0.25) is 0 Å². The minimum Gasteiger partial charge on any atom is -0.479 e. The molecule has 2 saturated carbocycles. The quantitative estimate of drug-likeness (QED) is 0.515. The zero-order valence-electron chi connectivity index (χ0n) is 13.9. The van der Waals surface area contributed by atoms with Gasteiger partial charge in [0.1, 0.15) is 0 Å². The van der Waals surface area contributed by atoms with E-state index in [1.807, 2.05) is 36.4 Å². The fraction of sp³-hybridized carbons (Fsp3) is 0.474. The number of oxime groups is 1. The predicted octanol–water partition coefficient (Wildman–Crippen LogP) is 1.62. The summed E-state index contributed by atoms with van der Waals surface area (Å²) in [5, 5.41) is 32.9. The summed E-state index contributed by atoms with van der Waals surface area (Å²) < 4.78 is 0. The van der Waals surface area contributed by atoms with E-state index in [1.54, 1.807) is 6.08 Å². The second-order valence-electron chi connectivity index (χ2n) is 6.75. The maximum Gasteiger partial charge on any atom is 0.344 e. The number of aliphatic hydroxyl groups excluding tert-OH is 2. The van der Waals surface area contributed by atoms with Crippen molar-refractivity contribution in [2.75, 3.05) is 6.61 Å². The van der Waals surface area contributed by atoms with Gasteiger partial charge >= 0.3 is 5.97 Å². The molecule has 0 radical (unpaired) electrons. The number of carboxylic acid groups (broad SMARTS) is 1. The van der Waals surface area contributed by atoms with Gasteiger partial charge in [0.05, 0.1) is 17.9 Å². The van der Waals surface area contributed by atoms with Crippen molar-refractivity contribution in [2.24, 2.45) is 22.9 Å². The molecular formula is C19H23NO5. The van der Waals surface area contributed by atoms with Crippen molar-refractivity contribution in [1.82, 2.24) is 0 Å². The van der Waals surface area contributed by atoms with E-state index in [2.05, 4.69) is 5.16 Å². The Hall–Kier alpha value is -2.18. The Bertz CT molecular complexity index is 657. The summed E-state index contributed by atoms with van der Waals surface area (Å²) >= 11 is 0. The van der Waals surface area contributed by atoms with Crippen molar-refractivity contribution in [3.05, 3.63) is 48.0 Å². The number of hydrogen-bond donors (Lipinski definition) is 3. The van der Waals surface area contributed by atoms with E-state index in [0.717, 1.165) is 11.3 Å². The average molecular weight is 345 g/mol. The Labute approximate surface area is 146 Å². The number of carboxylic acids is 1. The van der Waals surface area contributed by atoms with E-state index in [1.165, 1.54) is 0 Å². The van der Waals surface area contributed by atoms with E-state index < -0.39 is 24.8 Å². The minimum absolute atomic E-state index is 0.00570. The van der Waals surface area contributed by atoms with Crippen LogP contribution in [0.3, 0.4) is 0 Å². The molecule has 2 aliphatic rings. The van der Waals surface area contributed by atoms with Crippen molar-refractivity contribution in [3.63, 3.8) is 0 Å². The van der Waals surface area contributed by atoms with Gasteiger partial charge in [0, 0.05) is 18.3 Å². The highest BCUT2D eigenvalue weighted by Crippen LogP contribution is 2.49. The van der Waals surface area contributed by atoms with Crippen LogP contribution in [-0.4, -0.2) is 45.8 Å². The Morgan fingerprint density at radius 1 is 1.36 bits per heavy atom. The third-order valence-corrected chi connectivity index (χ3v) is 5.04. The molecule has 0 saturated heterocycles. The molecule has 0 aliphatic heterocycles. The minimum atomic E-state index is -1.06. The molecule has 0 spiro atoms. The van der Waals surface area contributed by atoms with Gasteiger partial charge in [-0.15, -0.1) is 0 Å².